The number of aryl methyl sites for hydroxylation is 1. The second-order valence-corrected chi connectivity index (χ2v) is 10.3. The minimum Gasteiger partial charge on any atom is -0.334 e. The summed E-state index contributed by atoms with van der Waals surface area (Å²) in [4.78, 5) is 14.5. The average molecular weight is 387 g/mol. The summed E-state index contributed by atoms with van der Waals surface area (Å²) in [5.74, 6) is 0.490. The molecule has 2 aromatic rings. The fourth-order valence-corrected chi connectivity index (χ4v) is 6.84. The lowest BCUT2D eigenvalue weighted by molar-refractivity contribution is 0.121. The van der Waals surface area contributed by atoms with Crippen LogP contribution in [0.2, 0.25) is 0 Å². The molecular weight excluding hydrogens is 360 g/mol. The number of nitrogens with one attached hydrogen (secondary N) is 1. The van der Waals surface area contributed by atoms with Gasteiger partial charge in [-0.05, 0) is 48.1 Å². The zero-order chi connectivity index (χ0) is 19.1. The Labute approximate surface area is 160 Å². The molecule has 4 rings (SSSR count). The van der Waals surface area contributed by atoms with E-state index in [1.165, 1.54) is 10.9 Å². The molecule has 1 N–H and O–H groups in total. The molecule has 144 valence electrons. The van der Waals surface area contributed by atoms with Crippen molar-refractivity contribution in [1.29, 1.82) is 0 Å². The van der Waals surface area contributed by atoms with Gasteiger partial charge in [-0.15, -0.1) is 0 Å². The van der Waals surface area contributed by atoms with E-state index in [9.17, 15) is 13.2 Å². The van der Waals surface area contributed by atoms with Crippen LogP contribution < -0.4 is 5.32 Å². The summed E-state index contributed by atoms with van der Waals surface area (Å²) in [6, 6.07) is 12.3. The summed E-state index contributed by atoms with van der Waals surface area (Å²) in [5.41, 5.74) is 2.09. The van der Waals surface area contributed by atoms with E-state index in [-0.39, 0.29) is 23.0 Å². The zero-order valence-corrected chi connectivity index (χ0v) is 16.5. The van der Waals surface area contributed by atoms with E-state index in [1.54, 1.807) is 4.90 Å². The van der Waals surface area contributed by atoms with Crippen LogP contribution >= 0.6 is 0 Å². The van der Waals surface area contributed by atoms with Gasteiger partial charge in [-0.1, -0.05) is 36.4 Å². The lowest BCUT2D eigenvalue weighted by Crippen LogP contribution is -2.50. The van der Waals surface area contributed by atoms with Crippen LogP contribution in [0.25, 0.3) is 10.8 Å². The molecule has 0 bridgehead atoms. The van der Waals surface area contributed by atoms with Gasteiger partial charge >= 0.3 is 6.03 Å². The van der Waals surface area contributed by atoms with Crippen molar-refractivity contribution >= 4 is 26.6 Å². The number of amides is 2. The molecule has 2 heterocycles. The fourth-order valence-electron chi connectivity index (χ4n) is 4.63. The lowest BCUT2D eigenvalue weighted by atomic mass is 9.80. The first-order chi connectivity index (χ1) is 12.9. The Bertz CT molecular complexity index is 986. The van der Waals surface area contributed by atoms with Crippen LogP contribution in [0.1, 0.15) is 30.4 Å². The molecule has 0 aromatic heterocycles. The standard InChI is InChI=1S/C21H26N2O3S/c1-16-7-8-17(19-6-3-2-5-18(16)19)13-22-20(24)23-11-4-9-21(14-23)10-12-27(25,26)15-21/h2-3,5-8H,4,9-15H2,1H3,(H,22,24). The first-order valence-corrected chi connectivity index (χ1v) is 11.4. The van der Waals surface area contributed by atoms with E-state index in [4.69, 9.17) is 0 Å². The highest BCUT2D eigenvalue weighted by atomic mass is 32.2. The Kier molecular flexibility index (Phi) is 4.62. The third kappa shape index (κ3) is 3.68. The molecule has 0 radical (unpaired) electrons. The Balaban J connectivity index is 1.45. The normalized spacial score (nSPS) is 24.4. The Hall–Kier alpha value is -2.08. The molecule has 2 saturated heterocycles. The molecule has 5 nitrogen and oxygen atoms in total. The Morgan fingerprint density at radius 3 is 2.67 bits per heavy atom. The van der Waals surface area contributed by atoms with Crippen LogP contribution in [0.4, 0.5) is 4.79 Å². The van der Waals surface area contributed by atoms with Crippen molar-refractivity contribution in [2.75, 3.05) is 24.6 Å². The van der Waals surface area contributed by atoms with Gasteiger partial charge in [0, 0.05) is 25.0 Å². The number of benzene rings is 2. The van der Waals surface area contributed by atoms with Crippen molar-refractivity contribution in [2.45, 2.75) is 32.7 Å². The quantitative estimate of drug-likeness (QED) is 0.861. The molecule has 2 fully saturated rings. The SMILES string of the molecule is Cc1ccc(CNC(=O)N2CCCC3(CCS(=O)(=O)C3)C2)c2ccccc12. The van der Waals surface area contributed by atoms with Crippen molar-refractivity contribution in [1.82, 2.24) is 10.2 Å². The van der Waals surface area contributed by atoms with Crippen molar-refractivity contribution in [3.05, 3.63) is 47.5 Å². The highest BCUT2D eigenvalue weighted by molar-refractivity contribution is 7.91. The number of urea groups is 1. The van der Waals surface area contributed by atoms with E-state index in [1.807, 2.05) is 12.1 Å². The van der Waals surface area contributed by atoms with Crippen LogP contribution in [-0.2, 0) is 16.4 Å². The number of rotatable bonds is 2. The fraction of sp³-hybridized carbons (Fsp3) is 0.476. The predicted molar refractivity (Wildman–Crippen MR) is 107 cm³/mol. The molecule has 0 saturated carbocycles. The molecular formula is C21H26N2O3S. The Morgan fingerprint density at radius 2 is 1.93 bits per heavy atom. The largest absolute Gasteiger partial charge is 0.334 e. The first kappa shape index (κ1) is 18.3. The van der Waals surface area contributed by atoms with Crippen LogP contribution in [0.5, 0.6) is 0 Å². The molecule has 1 unspecified atom stereocenters. The van der Waals surface area contributed by atoms with Gasteiger partial charge < -0.3 is 10.2 Å². The zero-order valence-electron chi connectivity index (χ0n) is 15.7. The van der Waals surface area contributed by atoms with Crippen LogP contribution in [-0.4, -0.2) is 43.9 Å². The summed E-state index contributed by atoms with van der Waals surface area (Å²) in [7, 11) is -2.95. The summed E-state index contributed by atoms with van der Waals surface area (Å²) in [6.45, 7) is 3.81. The van der Waals surface area contributed by atoms with Gasteiger partial charge in [-0.3, -0.25) is 0 Å². The predicted octanol–water partition coefficient (Wildman–Crippen LogP) is 3.26. The van der Waals surface area contributed by atoms with Crippen LogP contribution in [0.3, 0.4) is 0 Å². The monoisotopic (exact) mass is 386 g/mol. The molecule has 2 aliphatic heterocycles. The van der Waals surface area contributed by atoms with Gasteiger partial charge in [-0.2, -0.15) is 0 Å². The lowest BCUT2D eigenvalue weighted by Gasteiger charge is -2.39. The number of hydrogen-bond donors (Lipinski definition) is 1. The summed E-state index contributed by atoms with van der Waals surface area (Å²) >= 11 is 0. The van der Waals surface area contributed by atoms with Crippen LogP contribution in [0.15, 0.2) is 36.4 Å². The van der Waals surface area contributed by atoms with Gasteiger partial charge in [0.2, 0.25) is 0 Å². The molecule has 0 aliphatic carbocycles. The van der Waals surface area contributed by atoms with Crippen molar-refractivity contribution in [3.63, 3.8) is 0 Å². The summed E-state index contributed by atoms with van der Waals surface area (Å²) in [6.07, 6.45) is 2.46. The summed E-state index contributed by atoms with van der Waals surface area (Å²) in [5, 5.41) is 5.41. The van der Waals surface area contributed by atoms with Crippen molar-refractivity contribution in [2.24, 2.45) is 5.41 Å². The summed E-state index contributed by atoms with van der Waals surface area (Å²) < 4.78 is 23.8. The third-order valence-corrected chi connectivity index (χ3v) is 7.96. The number of fused-ring (bicyclic) bond motifs is 1. The highest BCUT2D eigenvalue weighted by Gasteiger charge is 2.45. The second-order valence-electron chi connectivity index (χ2n) is 8.11. The third-order valence-electron chi connectivity index (χ3n) is 6.08. The minimum atomic E-state index is -2.95. The number of carbonyl (C=O) groups is 1. The van der Waals surface area contributed by atoms with Crippen molar-refractivity contribution < 1.29 is 13.2 Å². The maximum absolute atomic E-state index is 12.7. The Morgan fingerprint density at radius 1 is 1.15 bits per heavy atom. The number of likely N-dealkylation sites (tertiary alicyclic amines) is 1. The van der Waals surface area contributed by atoms with Crippen molar-refractivity contribution in [3.8, 4) is 0 Å². The molecule has 2 aromatic carbocycles. The van der Waals surface area contributed by atoms with E-state index < -0.39 is 9.84 Å². The smallest absolute Gasteiger partial charge is 0.317 e. The molecule has 2 amide bonds. The van der Waals surface area contributed by atoms with Crippen LogP contribution in [0, 0.1) is 12.3 Å². The molecule has 6 heteroatoms. The van der Waals surface area contributed by atoms with Gasteiger partial charge in [0.25, 0.3) is 0 Å². The van der Waals surface area contributed by atoms with E-state index in [0.717, 1.165) is 23.8 Å². The molecule has 1 atom stereocenters. The van der Waals surface area contributed by atoms with Gasteiger partial charge in [-0.25, -0.2) is 13.2 Å². The average Bonchev–Trinajstić information content (AvgIpc) is 2.95. The van der Waals surface area contributed by atoms with Gasteiger partial charge in [0.15, 0.2) is 9.84 Å². The minimum absolute atomic E-state index is 0.0944. The van der Waals surface area contributed by atoms with E-state index >= 15 is 0 Å². The van der Waals surface area contributed by atoms with E-state index in [0.29, 0.717) is 26.1 Å². The maximum atomic E-state index is 12.7. The number of piperidine rings is 1. The van der Waals surface area contributed by atoms with Gasteiger partial charge in [0.1, 0.15) is 0 Å². The number of sulfone groups is 1. The first-order valence-electron chi connectivity index (χ1n) is 9.58. The molecule has 2 aliphatic rings. The second kappa shape index (κ2) is 6.82. The topological polar surface area (TPSA) is 66.5 Å². The highest BCUT2D eigenvalue weighted by Crippen LogP contribution is 2.40. The number of nitrogens with zero attached hydrogens (tertiary/aromatic N) is 1. The van der Waals surface area contributed by atoms with Gasteiger partial charge in [0.05, 0.1) is 11.5 Å². The number of carbonyl (C=O) groups excluding carboxylic acids is 1. The maximum Gasteiger partial charge on any atom is 0.317 e. The molecule has 1 spiro atoms. The number of hydrogen-bond acceptors (Lipinski definition) is 3. The van der Waals surface area contributed by atoms with E-state index in [2.05, 4.69) is 36.5 Å². The molecule has 27 heavy (non-hydrogen) atoms.